The molecule has 0 aliphatic rings. The Morgan fingerprint density at radius 3 is 2.62 bits per heavy atom. The van der Waals surface area contributed by atoms with Gasteiger partial charge in [-0.15, -0.1) is 0 Å². The summed E-state index contributed by atoms with van der Waals surface area (Å²) < 4.78 is 0. The van der Waals surface area contributed by atoms with E-state index < -0.39 is 4.92 Å². The molecular weight excluding hydrogens is 306 g/mol. The van der Waals surface area contributed by atoms with E-state index in [2.05, 4.69) is 0 Å². The monoisotopic (exact) mass is 321 g/mol. The van der Waals surface area contributed by atoms with Crippen molar-refractivity contribution in [3.8, 4) is 6.07 Å². The lowest BCUT2D eigenvalue weighted by atomic mass is 10.1. The number of benzene rings is 2. The number of rotatable bonds is 5. The molecule has 120 valence electrons. The molecule has 6 nitrogen and oxygen atoms in total. The van der Waals surface area contributed by atoms with Gasteiger partial charge >= 0.3 is 0 Å². The number of carbonyl (C=O) groups is 1. The molecule has 0 saturated carbocycles. The van der Waals surface area contributed by atoms with E-state index in [0.717, 1.165) is 5.56 Å². The average molecular weight is 321 g/mol. The average Bonchev–Trinajstić information content (AvgIpc) is 2.60. The van der Waals surface area contributed by atoms with Gasteiger partial charge in [0.25, 0.3) is 5.69 Å². The molecule has 2 rings (SSSR count). The number of hydrogen-bond acceptors (Lipinski definition) is 4. The van der Waals surface area contributed by atoms with Crippen molar-refractivity contribution in [2.75, 3.05) is 7.05 Å². The predicted octanol–water partition coefficient (Wildman–Crippen LogP) is 3.14. The van der Waals surface area contributed by atoms with Gasteiger partial charge < -0.3 is 4.90 Å². The lowest BCUT2D eigenvalue weighted by Crippen LogP contribution is -2.24. The van der Waals surface area contributed by atoms with E-state index >= 15 is 0 Å². The Morgan fingerprint density at radius 2 is 2.00 bits per heavy atom. The number of likely N-dealkylation sites (N-methyl/N-ethyl adjacent to an activating group) is 1. The zero-order valence-corrected chi connectivity index (χ0v) is 13.0. The van der Waals surface area contributed by atoms with Crippen molar-refractivity contribution >= 4 is 17.7 Å². The highest BCUT2D eigenvalue weighted by Gasteiger charge is 2.07. The van der Waals surface area contributed by atoms with Crippen molar-refractivity contribution < 1.29 is 9.72 Å². The van der Waals surface area contributed by atoms with Crippen molar-refractivity contribution in [3.05, 3.63) is 81.4 Å². The van der Waals surface area contributed by atoms with Crippen molar-refractivity contribution in [3.63, 3.8) is 0 Å². The first-order chi connectivity index (χ1) is 11.5. The molecule has 1 amide bonds. The second kappa shape index (κ2) is 7.70. The summed E-state index contributed by atoms with van der Waals surface area (Å²) >= 11 is 0. The summed E-state index contributed by atoms with van der Waals surface area (Å²) in [4.78, 5) is 23.9. The first-order valence-electron chi connectivity index (χ1n) is 7.16. The molecule has 6 heteroatoms. The molecule has 0 fully saturated rings. The van der Waals surface area contributed by atoms with Crippen LogP contribution in [0.1, 0.15) is 16.7 Å². The van der Waals surface area contributed by atoms with Crippen LogP contribution in [-0.4, -0.2) is 22.8 Å². The van der Waals surface area contributed by atoms with Crippen molar-refractivity contribution in [1.82, 2.24) is 4.90 Å². The quantitative estimate of drug-likeness (QED) is 0.481. The number of nitro groups is 1. The van der Waals surface area contributed by atoms with Gasteiger partial charge in [-0.2, -0.15) is 5.26 Å². The summed E-state index contributed by atoms with van der Waals surface area (Å²) in [7, 11) is 1.67. The highest BCUT2D eigenvalue weighted by molar-refractivity contribution is 5.91. The van der Waals surface area contributed by atoms with E-state index in [-0.39, 0.29) is 11.6 Å². The number of hydrogen-bond donors (Lipinski definition) is 0. The Balaban J connectivity index is 2.01. The maximum Gasteiger partial charge on any atom is 0.270 e. The van der Waals surface area contributed by atoms with Gasteiger partial charge in [0.1, 0.15) is 0 Å². The lowest BCUT2D eigenvalue weighted by Gasteiger charge is -2.15. The van der Waals surface area contributed by atoms with Gasteiger partial charge in [-0.05, 0) is 29.3 Å². The Morgan fingerprint density at radius 1 is 1.29 bits per heavy atom. The smallest absolute Gasteiger partial charge is 0.270 e. The molecule has 0 radical (unpaired) electrons. The van der Waals surface area contributed by atoms with E-state index in [0.29, 0.717) is 17.7 Å². The van der Waals surface area contributed by atoms with Gasteiger partial charge in [-0.3, -0.25) is 14.9 Å². The summed E-state index contributed by atoms with van der Waals surface area (Å²) in [6, 6.07) is 15.1. The third-order valence-electron chi connectivity index (χ3n) is 3.38. The lowest BCUT2D eigenvalue weighted by molar-refractivity contribution is -0.384. The highest BCUT2D eigenvalue weighted by Crippen LogP contribution is 2.14. The maximum absolute atomic E-state index is 12.1. The fourth-order valence-corrected chi connectivity index (χ4v) is 2.07. The molecule has 0 aromatic heterocycles. The predicted molar refractivity (Wildman–Crippen MR) is 89.8 cm³/mol. The molecule has 2 aromatic carbocycles. The van der Waals surface area contributed by atoms with Crippen LogP contribution >= 0.6 is 0 Å². The second-order valence-corrected chi connectivity index (χ2v) is 5.19. The number of nitrogens with zero attached hydrogens (tertiary/aromatic N) is 3. The molecule has 0 bridgehead atoms. The summed E-state index contributed by atoms with van der Waals surface area (Å²) in [5.41, 5.74) is 2.05. The molecular formula is C18H15N3O3. The molecule has 0 heterocycles. The third kappa shape index (κ3) is 4.52. The minimum absolute atomic E-state index is 0.0180. The van der Waals surface area contributed by atoms with Crippen LogP contribution < -0.4 is 0 Å². The van der Waals surface area contributed by atoms with E-state index in [1.165, 1.54) is 23.1 Å². The SMILES string of the molecule is CN(Cc1ccc(C#N)cc1)C(=O)/C=C/c1cccc([N+](=O)[O-])c1. The number of carbonyl (C=O) groups excluding carboxylic acids is 1. The number of non-ortho nitro benzene ring substituents is 1. The largest absolute Gasteiger partial charge is 0.338 e. The number of nitriles is 1. The Kier molecular flexibility index (Phi) is 5.42. The molecule has 0 unspecified atom stereocenters. The van der Waals surface area contributed by atoms with E-state index in [9.17, 15) is 14.9 Å². The van der Waals surface area contributed by atoms with Crippen LogP contribution in [0.2, 0.25) is 0 Å². The zero-order chi connectivity index (χ0) is 17.5. The van der Waals surface area contributed by atoms with Gasteiger partial charge in [-0.1, -0.05) is 24.3 Å². The first-order valence-corrected chi connectivity index (χ1v) is 7.16. The number of amides is 1. The van der Waals surface area contributed by atoms with Crippen molar-refractivity contribution in [2.24, 2.45) is 0 Å². The molecule has 0 spiro atoms. The maximum atomic E-state index is 12.1. The normalized spacial score (nSPS) is 10.3. The third-order valence-corrected chi connectivity index (χ3v) is 3.38. The zero-order valence-electron chi connectivity index (χ0n) is 13.0. The summed E-state index contributed by atoms with van der Waals surface area (Å²) in [5.74, 6) is -0.217. The van der Waals surface area contributed by atoms with Crippen LogP contribution in [0.5, 0.6) is 0 Å². The Bertz CT molecular complexity index is 820. The molecule has 0 N–H and O–H groups in total. The van der Waals surface area contributed by atoms with Crippen molar-refractivity contribution in [2.45, 2.75) is 6.54 Å². The van der Waals surface area contributed by atoms with E-state index in [1.807, 2.05) is 6.07 Å². The minimum Gasteiger partial charge on any atom is -0.338 e. The van der Waals surface area contributed by atoms with Gasteiger partial charge in [0.05, 0.1) is 16.6 Å². The molecule has 0 aliphatic heterocycles. The summed E-state index contributed by atoms with van der Waals surface area (Å²) in [6.07, 6.45) is 2.92. The van der Waals surface area contributed by atoms with Gasteiger partial charge in [0.2, 0.25) is 5.91 Å². The molecule has 0 saturated heterocycles. The summed E-state index contributed by atoms with van der Waals surface area (Å²) in [5, 5.41) is 19.5. The number of nitro benzene ring substituents is 1. The molecule has 0 atom stereocenters. The van der Waals surface area contributed by atoms with Crippen LogP contribution in [0.3, 0.4) is 0 Å². The molecule has 0 aliphatic carbocycles. The molecule has 2 aromatic rings. The highest BCUT2D eigenvalue weighted by atomic mass is 16.6. The van der Waals surface area contributed by atoms with E-state index in [4.69, 9.17) is 5.26 Å². The van der Waals surface area contributed by atoms with Crippen LogP contribution in [-0.2, 0) is 11.3 Å². The Labute approximate surface area is 139 Å². The fourth-order valence-electron chi connectivity index (χ4n) is 2.07. The van der Waals surface area contributed by atoms with Gasteiger partial charge in [0.15, 0.2) is 0 Å². The van der Waals surface area contributed by atoms with Crippen LogP contribution in [0.15, 0.2) is 54.6 Å². The standard InChI is InChI=1S/C18H15N3O3/c1-20(13-16-7-5-15(12-19)6-8-16)18(22)10-9-14-3-2-4-17(11-14)21(23)24/h2-11H,13H2,1H3/b10-9+. The van der Waals surface area contributed by atoms with Gasteiger partial charge in [-0.25, -0.2) is 0 Å². The minimum atomic E-state index is -0.476. The first kappa shape index (κ1) is 16.9. The van der Waals surface area contributed by atoms with Crippen LogP contribution in [0.4, 0.5) is 5.69 Å². The van der Waals surface area contributed by atoms with Crippen LogP contribution in [0, 0.1) is 21.4 Å². The topological polar surface area (TPSA) is 87.2 Å². The molecule has 24 heavy (non-hydrogen) atoms. The van der Waals surface area contributed by atoms with Crippen molar-refractivity contribution in [1.29, 1.82) is 5.26 Å². The van der Waals surface area contributed by atoms with E-state index in [1.54, 1.807) is 49.5 Å². The Hall–Kier alpha value is -3.46. The van der Waals surface area contributed by atoms with Crippen LogP contribution in [0.25, 0.3) is 6.08 Å². The van der Waals surface area contributed by atoms with Gasteiger partial charge in [0, 0.05) is 31.8 Å². The second-order valence-electron chi connectivity index (χ2n) is 5.19. The summed E-state index contributed by atoms with van der Waals surface area (Å²) in [6.45, 7) is 0.407. The fraction of sp³-hybridized carbons (Fsp3) is 0.111.